The molecule has 1 saturated carbocycles. The molecule has 1 aromatic heterocycles. The number of morpholine rings is 1. The number of aromatic nitrogens is 1. The van der Waals surface area contributed by atoms with E-state index in [1.54, 1.807) is 6.07 Å². The minimum absolute atomic E-state index is 0.0724. The molecule has 4 rings (SSSR count). The molecule has 0 spiro atoms. The zero-order valence-electron chi connectivity index (χ0n) is 17.4. The van der Waals surface area contributed by atoms with Gasteiger partial charge in [-0.3, -0.25) is 9.69 Å². The summed E-state index contributed by atoms with van der Waals surface area (Å²) in [5, 5.41) is 14.1. The van der Waals surface area contributed by atoms with Crippen LogP contribution in [0.25, 0.3) is 0 Å². The van der Waals surface area contributed by atoms with Crippen molar-refractivity contribution in [2.75, 3.05) is 39.1 Å². The van der Waals surface area contributed by atoms with Gasteiger partial charge in [-0.05, 0) is 36.8 Å². The first-order valence-corrected chi connectivity index (χ1v) is 12.1. The van der Waals surface area contributed by atoms with Gasteiger partial charge in [-0.15, -0.1) is 11.8 Å². The van der Waals surface area contributed by atoms with Crippen LogP contribution in [0.2, 0.25) is 5.02 Å². The Kier molecular flexibility index (Phi) is 7.13. The van der Waals surface area contributed by atoms with Crippen molar-refractivity contribution >= 4 is 29.3 Å². The number of benzene rings is 1. The molecule has 1 atom stereocenters. The average Bonchev–Trinajstić information content (AvgIpc) is 3.65. The molecule has 2 aliphatic rings. The molecule has 162 valence electrons. The second kappa shape index (κ2) is 10.0. The van der Waals surface area contributed by atoms with Gasteiger partial charge in [0.1, 0.15) is 11.1 Å². The highest BCUT2D eigenvalue weighted by Gasteiger charge is 2.29. The number of nitrogens with zero attached hydrogens (tertiary/aromatic N) is 3. The highest BCUT2D eigenvalue weighted by atomic mass is 35.5. The maximum atomic E-state index is 13.2. The molecule has 1 unspecified atom stereocenters. The van der Waals surface area contributed by atoms with E-state index in [0.717, 1.165) is 37.2 Å². The van der Waals surface area contributed by atoms with Crippen molar-refractivity contribution in [1.82, 2.24) is 15.2 Å². The van der Waals surface area contributed by atoms with Crippen molar-refractivity contribution in [2.24, 2.45) is 0 Å². The summed E-state index contributed by atoms with van der Waals surface area (Å²) in [6, 6.07) is 11.6. The van der Waals surface area contributed by atoms with Crippen molar-refractivity contribution in [1.29, 1.82) is 5.26 Å². The zero-order chi connectivity index (χ0) is 21.8. The van der Waals surface area contributed by atoms with Gasteiger partial charge >= 0.3 is 0 Å². The summed E-state index contributed by atoms with van der Waals surface area (Å²) >= 11 is 7.90. The zero-order valence-corrected chi connectivity index (χ0v) is 19.0. The van der Waals surface area contributed by atoms with E-state index in [9.17, 15) is 10.1 Å². The number of thioether (sulfide) groups is 1. The topological polar surface area (TPSA) is 78.2 Å². The number of halogens is 1. The van der Waals surface area contributed by atoms with Crippen LogP contribution in [0, 0.1) is 11.3 Å². The quantitative estimate of drug-likeness (QED) is 0.634. The van der Waals surface area contributed by atoms with Crippen molar-refractivity contribution in [3.63, 3.8) is 0 Å². The Balaban J connectivity index is 1.59. The second-order valence-electron chi connectivity index (χ2n) is 7.76. The first kappa shape index (κ1) is 22.1. The smallest absolute Gasteiger partial charge is 0.252 e. The summed E-state index contributed by atoms with van der Waals surface area (Å²) in [5.74, 6) is 0.149. The van der Waals surface area contributed by atoms with Crippen LogP contribution < -0.4 is 5.32 Å². The fourth-order valence-corrected chi connectivity index (χ4v) is 4.74. The number of pyridine rings is 1. The molecule has 1 saturated heterocycles. The first-order valence-electron chi connectivity index (χ1n) is 10.5. The number of ether oxygens (including phenoxy) is 1. The predicted octanol–water partition coefficient (Wildman–Crippen LogP) is 4.01. The number of carbonyl (C=O) groups excluding carboxylic acids is 1. The van der Waals surface area contributed by atoms with Crippen molar-refractivity contribution in [3.8, 4) is 6.07 Å². The fourth-order valence-electron chi connectivity index (χ4n) is 3.92. The van der Waals surface area contributed by atoms with E-state index in [0.29, 0.717) is 46.9 Å². The summed E-state index contributed by atoms with van der Waals surface area (Å²) in [6.07, 6.45) is 4.05. The molecule has 1 N–H and O–H groups in total. The van der Waals surface area contributed by atoms with Crippen LogP contribution in [-0.2, 0) is 4.74 Å². The molecule has 2 heterocycles. The number of hydrogen-bond acceptors (Lipinski definition) is 6. The molecule has 2 aromatic rings. The predicted molar refractivity (Wildman–Crippen MR) is 122 cm³/mol. The molecular formula is C23H25ClN4O2S. The fraction of sp³-hybridized carbons (Fsp3) is 0.435. The SMILES string of the molecule is CSc1nc(C2CC2)cc(C(=O)NCC(c2ccccc2Cl)N2CCOCC2)c1C#N. The van der Waals surface area contributed by atoms with Gasteiger partial charge < -0.3 is 10.1 Å². The van der Waals surface area contributed by atoms with Crippen LogP contribution in [0.4, 0.5) is 0 Å². The Morgan fingerprint density at radius 2 is 2.13 bits per heavy atom. The van der Waals surface area contributed by atoms with Crippen LogP contribution in [0.3, 0.4) is 0 Å². The minimum Gasteiger partial charge on any atom is -0.379 e. The van der Waals surface area contributed by atoms with E-state index in [1.165, 1.54) is 11.8 Å². The van der Waals surface area contributed by atoms with Crippen molar-refractivity contribution in [2.45, 2.75) is 29.8 Å². The molecule has 8 heteroatoms. The van der Waals surface area contributed by atoms with Crippen LogP contribution in [-0.4, -0.2) is 54.9 Å². The second-order valence-corrected chi connectivity index (χ2v) is 8.96. The van der Waals surface area contributed by atoms with E-state index >= 15 is 0 Å². The lowest BCUT2D eigenvalue weighted by atomic mass is 10.0. The Morgan fingerprint density at radius 3 is 2.77 bits per heavy atom. The monoisotopic (exact) mass is 456 g/mol. The van der Waals surface area contributed by atoms with Gasteiger partial charge in [0.25, 0.3) is 5.91 Å². The summed E-state index contributed by atoms with van der Waals surface area (Å²) in [5.41, 5.74) is 2.63. The van der Waals surface area contributed by atoms with E-state index in [1.807, 2.05) is 30.5 Å². The van der Waals surface area contributed by atoms with Gasteiger partial charge in [-0.1, -0.05) is 29.8 Å². The lowest BCUT2D eigenvalue weighted by Gasteiger charge is -2.35. The van der Waals surface area contributed by atoms with Gasteiger partial charge in [0.15, 0.2) is 0 Å². The van der Waals surface area contributed by atoms with E-state index in [4.69, 9.17) is 16.3 Å². The molecular weight excluding hydrogens is 432 g/mol. The molecule has 1 aromatic carbocycles. The molecule has 2 fully saturated rings. The van der Waals surface area contributed by atoms with Crippen LogP contribution in [0.1, 0.15) is 52.0 Å². The number of nitrogens with one attached hydrogen (secondary N) is 1. The summed E-state index contributed by atoms with van der Waals surface area (Å²) in [7, 11) is 0. The van der Waals surface area contributed by atoms with Gasteiger partial charge in [-0.2, -0.15) is 5.26 Å². The van der Waals surface area contributed by atoms with Gasteiger partial charge in [0, 0.05) is 36.3 Å². The third-order valence-corrected chi connectivity index (χ3v) is 6.78. The summed E-state index contributed by atoms with van der Waals surface area (Å²) < 4.78 is 5.50. The Hall–Kier alpha value is -2.11. The lowest BCUT2D eigenvalue weighted by molar-refractivity contribution is 0.0162. The molecule has 6 nitrogen and oxygen atoms in total. The van der Waals surface area contributed by atoms with Crippen molar-refractivity contribution < 1.29 is 9.53 Å². The van der Waals surface area contributed by atoms with Crippen LogP contribution >= 0.6 is 23.4 Å². The number of rotatable bonds is 7. The number of hydrogen-bond donors (Lipinski definition) is 1. The Bertz CT molecular complexity index is 1000. The maximum Gasteiger partial charge on any atom is 0.252 e. The van der Waals surface area contributed by atoms with Gasteiger partial charge in [-0.25, -0.2) is 4.98 Å². The van der Waals surface area contributed by atoms with Gasteiger partial charge in [0.05, 0.1) is 30.4 Å². The molecule has 31 heavy (non-hydrogen) atoms. The molecule has 0 bridgehead atoms. The third kappa shape index (κ3) is 5.04. The largest absolute Gasteiger partial charge is 0.379 e. The minimum atomic E-state index is -0.249. The maximum absolute atomic E-state index is 13.2. The lowest BCUT2D eigenvalue weighted by Crippen LogP contribution is -2.44. The van der Waals surface area contributed by atoms with E-state index in [2.05, 4.69) is 21.3 Å². The van der Waals surface area contributed by atoms with Crippen LogP contribution in [0.15, 0.2) is 35.4 Å². The van der Waals surface area contributed by atoms with Crippen molar-refractivity contribution in [3.05, 3.63) is 57.7 Å². The highest BCUT2D eigenvalue weighted by Crippen LogP contribution is 2.40. The number of amides is 1. The van der Waals surface area contributed by atoms with E-state index < -0.39 is 0 Å². The van der Waals surface area contributed by atoms with Crippen LogP contribution in [0.5, 0.6) is 0 Å². The normalized spacial score (nSPS) is 17.7. The molecule has 1 aliphatic heterocycles. The standard InChI is InChI=1S/C23H25ClN4O2S/c1-31-23-18(13-25)17(12-20(27-23)15-6-7-15)22(29)26-14-21(28-8-10-30-11-9-28)16-4-2-3-5-19(16)24/h2-5,12,15,21H,6-11,14H2,1H3,(H,26,29). The Morgan fingerprint density at radius 1 is 1.39 bits per heavy atom. The molecule has 1 aliphatic carbocycles. The Labute approximate surface area is 191 Å². The number of nitriles is 1. The summed E-state index contributed by atoms with van der Waals surface area (Å²) in [4.78, 5) is 20.1. The van der Waals surface area contributed by atoms with Gasteiger partial charge in [0.2, 0.25) is 0 Å². The highest BCUT2D eigenvalue weighted by molar-refractivity contribution is 7.98. The number of carbonyl (C=O) groups is 1. The molecule has 0 radical (unpaired) electrons. The van der Waals surface area contributed by atoms with E-state index in [-0.39, 0.29) is 11.9 Å². The molecule has 1 amide bonds. The first-order chi connectivity index (χ1) is 15.1. The third-order valence-electron chi connectivity index (χ3n) is 5.76. The summed E-state index contributed by atoms with van der Waals surface area (Å²) in [6.45, 7) is 3.24. The average molecular weight is 457 g/mol.